The third-order valence-corrected chi connectivity index (χ3v) is 4.41. The minimum absolute atomic E-state index is 0.0252. The van der Waals surface area contributed by atoms with E-state index in [1.54, 1.807) is 0 Å². The number of hydrogen-bond acceptors (Lipinski definition) is 4. The quantitative estimate of drug-likeness (QED) is 0.872. The summed E-state index contributed by atoms with van der Waals surface area (Å²) in [4.78, 5) is 12.1. The molecule has 0 radical (unpaired) electrons. The van der Waals surface area contributed by atoms with Crippen LogP contribution in [0.1, 0.15) is 19.8 Å². The molecular weight excluding hydrogens is 278 g/mol. The van der Waals surface area contributed by atoms with Gasteiger partial charge in [0.05, 0.1) is 11.0 Å². The summed E-state index contributed by atoms with van der Waals surface area (Å²) in [5.74, 6) is 0.0200. The van der Waals surface area contributed by atoms with Gasteiger partial charge in [0.15, 0.2) is 0 Å². The Labute approximate surface area is 117 Å². The van der Waals surface area contributed by atoms with Gasteiger partial charge in [0.25, 0.3) is 0 Å². The Morgan fingerprint density at radius 3 is 2.35 bits per heavy atom. The van der Waals surface area contributed by atoms with Crippen LogP contribution in [0.25, 0.3) is 0 Å². The lowest BCUT2D eigenvalue weighted by Gasteiger charge is -2.39. The number of hydrogen-bond donors (Lipinski definition) is 2. The molecule has 6 nitrogen and oxygen atoms in total. The Bertz CT molecular complexity index is 668. The highest BCUT2D eigenvalue weighted by Crippen LogP contribution is 2.45. The molecule has 3 N–H and O–H groups in total. The average molecular weight is 293 g/mol. The number of primary sulfonamides is 1. The van der Waals surface area contributed by atoms with Crippen LogP contribution in [0.5, 0.6) is 0 Å². The number of nitrogens with two attached hydrogens (primary N) is 1. The molecule has 1 aliphatic rings. The number of anilines is 1. The maximum Gasteiger partial charge on any atom is 0.244 e. The molecule has 1 amide bonds. The van der Waals surface area contributed by atoms with Crippen molar-refractivity contribution in [3.05, 3.63) is 24.3 Å². The molecule has 0 saturated heterocycles. The lowest BCUT2D eigenvalue weighted by atomic mass is 9.63. The first-order chi connectivity index (χ1) is 9.27. The van der Waals surface area contributed by atoms with Crippen molar-refractivity contribution in [1.29, 1.82) is 5.26 Å². The molecular formula is C13H15N3O3S. The van der Waals surface area contributed by atoms with Crippen molar-refractivity contribution >= 4 is 21.6 Å². The fourth-order valence-corrected chi connectivity index (χ4v) is 2.95. The number of benzene rings is 1. The molecule has 0 aromatic heterocycles. The number of nitriles is 1. The largest absolute Gasteiger partial charge is 0.325 e. The molecule has 0 atom stereocenters. The summed E-state index contributed by atoms with van der Waals surface area (Å²) in [6.45, 7) is 1.99. The van der Waals surface area contributed by atoms with E-state index in [1.165, 1.54) is 24.3 Å². The first-order valence-electron chi connectivity index (χ1n) is 6.12. The van der Waals surface area contributed by atoms with E-state index in [2.05, 4.69) is 11.4 Å². The summed E-state index contributed by atoms with van der Waals surface area (Å²) >= 11 is 0. The van der Waals surface area contributed by atoms with Crippen LogP contribution in [0.15, 0.2) is 29.2 Å². The fourth-order valence-electron chi connectivity index (χ4n) is 2.44. The van der Waals surface area contributed by atoms with Gasteiger partial charge in [-0.05, 0) is 43.0 Å². The second-order valence-corrected chi connectivity index (χ2v) is 6.79. The van der Waals surface area contributed by atoms with Crippen LogP contribution >= 0.6 is 0 Å². The zero-order chi connectivity index (χ0) is 15.0. The van der Waals surface area contributed by atoms with Crippen molar-refractivity contribution in [2.45, 2.75) is 24.7 Å². The number of carbonyl (C=O) groups is 1. The Hall–Kier alpha value is -1.91. The first kappa shape index (κ1) is 14.5. The normalized spacial score (nSPS) is 25.4. The molecule has 2 rings (SSSR count). The minimum atomic E-state index is -3.75. The third-order valence-electron chi connectivity index (χ3n) is 3.48. The Balaban J connectivity index is 2.11. The topological polar surface area (TPSA) is 113 Å². The van der Waals surface area contributed by atoms with Crippen LogP contribution in [0.4, 0.5) is 5.69 Å². The molecule has 0 unspecified atom stereocenters. The van der Waals surface area contributed by atoms with Crippen LogP contribution in [0.2, 0.25) is 0 Å². The summed E-state index contributed by atoms with van der Waals surface area (Å²) in [6.07, 6.45) is 1.09. The van der Waals surface area contributed by atoms with Gasteiger partial charge in [-0.3, -0.25) is 4.79 Å². The molecule has 20 heavy (non-hydrogen) atoms. The molecule has 106 valence electrons. The molecule has 1 aliphatic carbocycles. The van der Waals surface area contributed by atoms with Crippen molar-refractivity contribution in [2.24, 2.45) is 16.5 Å². The van der Waals surface area contributed by atoms with Gasteiger partial charge in [-0.15, -0.1) is 0 Å². The predicted molar refractivity (Wildman–Crippen MR) is 72.9 cm³/mol. The van der Waals surface area contributed by atoms with Crippen LogP contribution in [-0.2, 0) is 14.8 Å². The van der Waals surface area contributed by atoms with Crippen LogP contribution in [0, 0.1) is 22.7 Å². The molecule has 1 saturated carbocycles. The molecule has 0 bridgehead atoms. The standard InChI is InChI=1S/C13H15N3O3S/c1-9-6-13(7-9,8-14)12(17)16-10-2-4-11(5-3-10)20(15,18)19/h2-5,9H,6-7H2,1H3,(H,16,17)(H2,15,18,19). The second-order valence-electron chi connectivity index (χ2n) is 5.23. The fraction of sp³-hybridized carbons (Fsp3) is 0.385. The van der Waals surface area contributed by atoms with E-state index >= 15 is 0 Å². The maximum atomic E-state index is 12.1. The van der Waals surface area contributed by atoms with E-state index in [0.29, 0.717) is 24.4 Å². The zero-order valence-corrected chi connectivity index (χ0v) is 11.8. The molecule has 1 fully saturated rings. The summed E-state index contributed by atoms with van der Waals surface area (Å²) in [5.41, 5.74) is -0.519. The lowest BCUT2D eigenvalue weighted by molar-refractivity contribution is -0.128. The van der Waals surface area contributed by atoms with Crippen molar-refractivity contribution in [1.82, 2.24) is 0 Å². The highest BCUT2D eigenvalue weighted by atomic mass is 32.2. The van der Waals surface area contributed by atoms with Crippen molar-refractivity contribution in [3.8, 4) is 6.07 Å². The number of nitrogens with zero attached hydrogens (tertiary/aromatic N) is 1. The molecule has 0 aliphatic heterocycles. The van der Waals surface area contributed by atoms with Crippen molar-refractivity contribution in [3.63, 3.8) is 0 Å². The van der Waals surface area contributed by atoms with Crippen LogP contribution in [0.3, 0.4) is 0 Å². The monoisotopic (exact) mass is 293 g/mol. The minimum Gasteiger partial charge on any atom is -0.325 e. The van der Waals surface area contributed by atoms with Gasteiger partial charge in [0.2, 0.25) is 15.9 Å². The van der Waals surface area contributed by atoms with E-state index in [4.69, 9.17) is 10.4 Å². The third kappa shape index (κ3) is 2.66. The zero-order valence-electron chi connectivity index (χ0n) is 11.0. The summed E-state index contributed by atoms with van der Waals surface area (Å²) in [5, 5.41) is 16.8. The lowest BCUT2D eigenvalue weighted by Crippen LogP contribution is -2.45. The van der Waals surface area contributed by atoms with Gasteiger partial charge in [0, 0.05) is 5.69 Å². The average Bonchev–Trinajstić information content (AvgIpc) is 2.34. The van der Waals surface area contributed by atoms with Gasteiger partial charge in [-0.1, -0.05) is 6.92 Å². The van der Waals surface area contributed by atoms with E-state index < -0.39 is 15.4 Å². The van der Waals surface area contributed by atoms with Crippen LogP contribution in [-0.4, -0.2) is 14.3 Å². The number of nitrogens with one attached hydrogen (secondary N) is 1. The highest BCUT2D eigenvalue weighted by Gasteiger charge is 2.48. The van der Waals surface area contributed by atoms with Gasteiger partial charge < -0.3 is 5.32 Å². The predicted octanol–water partition coefficient (Wildman–Crippen LogP) is 1.21. The number of sulfonamides is 1. The maximum absolute atomic E-state index is 12.1. The van der Waals surface area contributed by atoms with E-state index in [1.807, 2.05) is 6.92 Å². The van der Waals surface area contributed by atoms with E-state index in [-0.39, 0.29) is 10.8 Å². The van der Waals surface area contributed by atoms with Crippen LogP contribution < -0.4 is 10.5 Å². The smallest absolute Gasteiger partial charge is 0.244 e. The molecule has 0 heterocycles. The van der Waals surface area contributed by atoms with Crippen molar-refractivity contribution in [2.75, 3.05) is 5.32 Å². The molecule has 1 aromatic carbocycles. The van der Waals surface area contributed by atoms with Crippen molar-refractivity contribution < 1.29 is 13.2 Å². The number of rotatable bonds is 3. The van der Waals surface area contributed by atoms with Gasteiger partial charge in [-0.25, -0.2) is 13.6 Å². The van der Waals surface area contributed by atoms with Gasteiger partial charge in [0.1, 0.15) is 5.41 Å². The van der Waals surface area contributed by atoms with E-state index in [0.717, 1.165) is 0 Å². The first-order valence-corrected chi connectivity index (χ1v) is 7.67. The van der Waals surface area contributed by atoms with Gasteiger partial charge in [-0.2, -0.15) is 5.26 Å². The number of amides is 1. The highest BCUT2D eigenvalue weighted by molar-refractivity contribution is 7.89. The Morgan fingerprint density at radius 2 is 1.95 bits per heavy atom. The summed E-state index contributed by atoms with van der Waals surface area (Å²) in [7, 11) is -3.75. The molecule has 0 spiro atoms. The van der Waals surface area contributed by atoms with Gasteiger partial charge >= 0.3 is 0 Å². The number of carbonyl (C=O) groups excluding carboxylic acids is 1. The Morgan fingerprint density at radius 1 is 1.40 bits per heavy atom. The summed E-state index contributed by atoms with van der Waals surface area (Å²) in [6, 6.07) is 7.60. The molecule has 1 aromatic rings. The summed E-state index contributed by atoms with van der Waals surface area (Å²) < 4.78 is 22.2. The Kier molecular flexibility index (Phi) is 3.54. The molecule has 7 heteroatoms. The second kappa shape index (κ2) is 4.89. The van der Waals surface area contributed by atoms with E-state index in [9.17, 15) is 13.2 Å². The SMILES string of the molecule is CC1CC(C#N)(C(=O)Nc2ccc(S(N)(=O)=O)cc2)C1.